The minimum atomic E-state index is -4.99. The van der Waals surface area contributed by atoms with Crippen molar-refractivity contribution < 1.29 is 23.1 Å². The van der Waals surface area contributed by atoms with Gasteiger partial charge < -0.3 is 10.4 Å². The molecule has 0 radical (unpaired) electrons. The molecule has 3 N–H and O–H groups in total. The van der Waals surface area contributed by atoms with Crippen LogP contribution in [-0.4, -0.2) is 27.4 Å². The number of anilines is 1. The van der Waals surface area contributed by atoms with Gasteiger partial charge in [0.15, 0.2) is 11.4 Å². The minimum absolute atomic E-state index is 0.0328. The summed E-state index contributed by atoms with van der Waals surface area (Å²) in [6.07, 6.45) is -6.09. The van der Waals surface area contributed by atoms with Gasteiger partial charge in [0.1, 0.15) is 0 Å². The lowest BCUT2D eigenvalue weighted by atomic mass is 9.85. The maximum atomic E-state index is 13.3. The lowest BCUT2D eigenvalue weighted by molar-refractivity contribution is -0.267. The zero-order valence-corrected chi connectivity index (χ0v) is 10.5. The van der Waals surface area contributed by atoms with Gasteiger partial charge in [-0.05, 0) is 0 Å². The van der Waals surface area contributed by atoms with E-state index in [1.807, 2.05) is 0 Å². The third-order valence-electron chi connectivity index (χ3n) is 3.39. The van der Waals surface area contributed by atoms with Crippen LogP contribution >= 0.6 is 0 Å². The Morgan fingerprint density at radius 1 is 1.24 bits per heavy atom. The van der Waals surface area contributed by atoms with Crippen LogP contribution in [0.4, 0.5) is 19.0 Å². The van der Waals surface area contributed by atoms with E-state index in [1.54, 1.807) is 30.3 Å². The van der Waals surface area contributed by atoms with Crippen molar-refractivity contribution in [1.29, 1.82) is 0 Å². The van der Waals surface area contributed by atoms with E-state index >= 15 is 0 Å². The molecule has 0 saturated heterocycles. The average molecular weight is 297 g/mol. The number of nitrogens with zero attached hydrogens (tertiary/aromatic N) is 1. The smallest absolute Gasteiger partial charge is 0.376 e. The molecule has 2 aromatic rings. The Morgan fingerprint density at radius 2 is 1.90 bits per heavy atom. The van der Waals surface area contributed by atoms with E-state index in [0.717, 1.165) is 0 Å². The van der Waals surface area contributed by atoms with Crippen LogP contribution in [0.5, 0.6) is 0 Å². The molecule has 2 heterocycles. The molecule has 1 amide bonds. The fourth-order valence-corrected chi connectivity index (χ4v) is 2.39. The van der Waals surface area contributed by atoms with Crippen molar-refractivity contribution in [3.8, 4) is 11.3 Å². The molecule has 0 saturated carbocycles. The van der Waals surface area contributed by atoms with Gasteiger partial charge in [0, 0.05) is 5.56 Å². The number of hydrogen-bond acceptors (Lipinski definition) is 3. The molecule has 3 rings (SSSR count). The summed E-state index contributed by atoms with van der Waals surface area (Å²) in [6.45, 7) is 0. The van der Waals surface area contributed by atoms with Gasteiger partial charge in [0.25, 0.3) is 0 Å². The number of benzene rings is 1. The highest BCUT2D eigenvalue weighted by molar-refractivity contribution is 5.96. The molecule has 0 bridgehead atoms. The number of alkyl halides is 3. The monoisotopic (exact) mass is 297 g/mol. The molecule has 8 heteroatoms. The second-order valence-corrected chi connectivity index (χ2v) is 4.77. The summed E-state index contributed by atoms with van der Waals surface area (Å²) in [5.41, 5.74) is -3.25. The molecule has 0 fully saturated rings. The minimum Gasteiger partial charge on any atom is -0.376 e. The Kier molecular flexibility index (Phi) is 2.80. The Balaban J connectivity index is 2.24. The summed E-state index contributed by atoms with van der Waals surface area (Å²) in [4.78, 5) is 11.4. The van der Waals surface area contributed by atoms with Crippen molar-refractivity contribution in [3.63, 3.8) is 0 Å². The molecule has 1 aromatic carbocycles. The summed E-state index contributed by atoms with van der Waals surface area (Å²) in [5, 5.41) is 18.5. The van der Waals surface area contributed by atoms with Crippen LogP contribution in [0.2, 0.25) is 0 Å². The quantitative estimate of drug-likeness (QED) is 0.755. The molecule has 1 atom stereocenters. The van der Waals surface area contributed by atoms with Crippen molar-refractivity contribution >= 4 is 11.7 Å². The maximum absolute atomic E-state index is 13.3. The number of fused-ring (bicyclic) bond motifs is 1. The van der Waals surface area contributed by atoms with Crippen LogP contribution in [-0.2, 0) is 10.4 Å². The predicted octanol–water partition coefficient (Wildman–Crippen LogP) is 2.17. The van der Waals surface area contributed by atoms with E-state index in [0.29, 0.717) is 5.56 Å². The van der Waals surface area contributed by atoms with Gasteiger partial charge in [-0.1, -0.05) is 30.3 Å². The predicted molar refractivity (Wildman–Crippen MR) is 67.2 cm³/mol. The van der Waals surface area contributed by atoms with E-state index in [2.05, 4.69) is 15.5 Å². The zero-order chi connectivity index (χ0) is 15.3. The fraction of sp³-hybridized carbons (Fsp3) is 0.231. The van der Waals surface area contributed by atoms with E-state index < -0.39 is 29.7 Å². The molecule has 5 nitrogen and oxygen atoms in total. The molecule has 110 valence electrons. The highest BCUT2D eigenvalue weighted by Gasteiger charge is 2.60. The molecule has 1 unspecified atom stereocenters. The number of carbonyl (C=O) groups excluding carboxylic acids is 1. The largest absolute Gasteiger partial charge is 0.422 e. The third kappa shape index (κ3) is 1.99. The zero-order valence-electron chi connectivity index (χ0n) is 10.5. The second-order valence-electron chi connectivity index (χ2n) is 4.77. The first kappa shape index (κ1) is 13.6. The van der Waals surface area contributed by atoms with E-state index in [4.69, 9.17) is 0 Å². The molecule has 21 heavy (non-hydrogen) atoms. The summed E-state index contributed by atoms with van der Waals surface area (Å²) >= 11 is 0. The highest BCUT2D eigenvalue weighted by atomic mass is 19.4. The number of aromatic amines is 1. The lowest BCUT2D eigenvalue weighted by Crippen LogP contribution is -2.48. The SMILES string of the molecule is O=C1CC(O)(C(F)(F)F)c2c(n[nH]c2-c2ccccc2)N1. The molecule has 0 spiro atoms. The van der Waals surface area contributed by atoms with Crippen molar-refractivity contribution in [3.05, 3.63) is 35.9 Å². The van der Waals surface area contributed by atoms with Crippen molar-refractivity contribution in [2.75, 3.05) is 5.32 Å². The molecular weight excluding hydrogens is 287 g/mol. The standard InChI is InChI=1S/C13H10F3N3O2/c14-13(15,16)12(21)6-8(20)17-11-9(12)10(18-19-11)7-4-2-1-3-5-7/h1-5,21H,6H2,(H2,17,18,19,20). The number of halogens is 3. The number of rotatable bonds is 1. The lowest BCUT2D eigenvalue weighted by Gasteiger charge is -2.33. The van der Waals surface area contributed by atoms with Gasteiger partial charge in [-0.2, -0.15) is 18.3 Å². The normalized spacial score (nSPS) is 21.8. The van der Waals surface area contributed by atoms with E-state index in [1.165, 1.54) is 0 Å². The van der Waals surface area contributed by atoms with Crippen molar-refractivity contribution in [2.24, 2.45) is 0 Å². The summed E-state index contributed by atoms with van der Waals surface area (Å²) < 4.78 is 39.8. The van der Waals surface area contributed by atoms with E-state index in [-0.39, 0.29) is 11.5 Å². The van der Waals surface area contributed by atoms with Crippen LogP contribution in [0.1, 0.15) is 12.0 Å². The molecule has 1 aliphatic heterocycles. The van der Waals surface area contributed by atoms with E-state index in [9.17, 15) is 23.1 Å². The molecular formula is C13H10F3N3O2. The second kappa shape index (κ2) is 4.32. The van der Waals surface area contributed by atoms with Crippen molar-refractivity contribution in [1.82, 2.24) is 10.2 Å². The van der Waals surface area contributed by atoms with Gasteiger partial charge >= 0.3 is 6.18 Å². The number of H-pyrrole nitrogens is 1. The van der Waals surface area contributed by atoms with Crippen molar-refractivity contribution in [2.45, 2.75) is 18.2 Å². The van der Waals surface area contributed by atoms with Crippen LogP contribution in [0, 0.1) is 0 Å². The summed E-state index contributed by atoms with van der Waals surface area (Å²) in [6, 6.07) is 8.18. The Hall–Kier alpha value is -2.35. The molecule has 1 aromatic heterocycles. The van der Waals surface area contributed by atoms with Gasteiger partial charge in [-0.3, -0.25) is 9.89 Å². The van der Waals surface area contributed by atoms with Gasteiger partial charge in [0.2, 0.25) is 5.91 Å². The van der Waals surface area contributed by atoms with Gasteiger partial charge in [-0.25, -0.2) is 0 Å². The maximum Gasteiger partial charge on any atom is 0.422 e. The van der Waals surface area contributed by atoms with Crippen LogP contribution < -0.4 is 5.32 Å². The molecule has 1 aliphatic rings. The third-order valence-corrected chi connectivity index (χ3v) is 3.39. The highest BCUT2D eigenvalue weighted by Crippen LogP contribution is 2.49. The average Bonchev–Trinajstić information content (AvgIpc) is 2.82. The Morgan fingerprint density at radius 3 is 2.52 bits per heavy atom. The van der Waals surface area contributed by atoms with Crippen LogP contribution in [0.15, 0.2) is 30.3 Å². The Bertz CT molecular complexity index is 696. The first-order chi connectivity index (χ1) is 9.83. The number of amides is 1. The fourth-order valence-electron chi connectivity index (χ4n) is 2.39. The van der Waals surface area contributed by atoms with Gasteiger partial charge in [-0.15, -0.1) is 0 Å². The number of hydrogen-bond donors (Lipinski definition) is 3. The summed E-state index contributed by atoms with van der Waals surface area (Å²) in [5.74, 6) is -1.24. The van der Waals surface area contributed by atoms with Crippen LogP contribution in [0.25, 0.3) is 11.3 Å². The number of aliphatic hydroxyl groups is 1. The molecule has 0 aliphatic carbocycles. The van der Waals surface area contributed by atoms with Crippen LogP contribution in [0.3, 0.4) is 0 Å². The summed E-state index contributed by atoms with van der Waals surface area (Å²) in [7, 11) is 0. The Labute approximate surface area is 116 Å². The number of carbonyl (C=O) groups is 1. The van der Waals surface area contributed by atoms with Gasteiger partial charge in [0.05, 0.1) is 17.7 Å². The topological polar surface area (TPSA) is 78.0 Å². The first-order valence-corrected chi connectivity index (χ1v) is 6.06. The number of nitrogens with one attached hydrogen (secondary N) is 2. The number of aromatic nitrogens is 2. The first-order valence-electron chi connectivity index (χ1n) is 6.06.